The lowest BCUT2D eigenvalue weighted by Gasteiger charge is -2.10. The van der Waals surface area contributed by atoms with Crippen molar-refractivity contribution in [3.63, 3.8) is 0 Å². The maximum atomic E-state index is 11.5. The third kappa shape index (κ3) is 5.06. The first-order valence-corrected chi connectivity index (χ1v) is 6.84. The van der Waals surface area contributed by atoms with Gasteiger partial charge >= 0.3 is 0 Å². The molecule has 1 amide bonds. The average Bonchev–Trinajstić information content (AvgIpc) is 2.37. The zero-order valence-corrected chi connectivity index (χ0v) is 12.1. The van der Waals surface area contributed by atoms with Crippen LogP contribution in [0.15, 0.2) is 22.7 Å². The molecular weight excluding hydrogens is 296 g/mol. The van der Waals surface area contributed by atoms with E-state index < -0.39 is 0 Å². The van der Waals surface area contributed by atoms with E-state index >= 15 is 0 Å². The van der Waals surface area contributed by atoms with Crippen LogP contribution in [0.4, 0.5) is 0 Å². The summed E-state index contributed by atoms with van der Waals surface area (Å²) in [6.07, 6.45) is 2.04. The third-order valence-corrected chi connectivity index (χ3v) is 2.95. The fourth-order valence-corrected chi connectivity index (χ4v) is 1.86. The standard InChI is InChI=1S/C13H19BrN2O2/c1-2-3-6-16-13(17)9-18-12-5-4-11(14)7-10(12)8-15/h4-5,7H,2-3,6,8-9,15H2,1H3,(H,16,17). The molecule has 0 unspecified atom stereocenters. The quantitative estimate of drug-likeness (QED) is 0.758. The summed E-state index contributed by atoms with van der Waals surface area (Å²) in [6, 6.07) is 5.57. The Labute approximate surface area is 116 Å². The van der Waals surface area contributed by atoms with Crippen LogP contribution in [0.2, 0.25) is 0 Å². The largest absolute Gasteiger partial charge is 0.483 e. The Balaban J connectivity index is 2.45. The van der Waals surface area contributed by atoms with Gasteiger partial charge in [0.1, 0.15) is 5.75 Å². The highest BCUT2D eigenvalue weighted by Crippen LogP contribution is 2.22. The van der Waals surface area contributed by atoms with Gasteiger partial charge in [0, 0.05) is 23.1 Å². The molecule has 18 heavy (non-hydrogen) atoms. The Kier molecular flexibility index (Phi) is 6.75. The fourth-order valence-electron chi connectivity index (χ4n) is 1.45. The van der Waals surface area contributed by atoms with Gasteiger partial charge in [-0.1, -0.05) is 29.3 Å². The van der Waals surface area contributed by atoms with Crippen molar-refractivity contribution in [1.29, 1.82) is 0 Å². The van der Waals surface area contributed by atoms with Gasteiger partial charge in [-0.2, -0.15) is 0 Å². The summed E-state index contributed by atoms with van der Waals surface area (Å²) >= 11 is 3.37. The minimum Gasteiger partial charge on any atom is -0.483 e. The molecule has 5 heteroatoms. The summed E-state index contributed by atoms with van der Waals surface area (Å²) in [7, 11) is 0. The topological polar surface area (TPSA) is 64.3 Å². The molecule has 0 spiro atoms. The van der Waals surface area contributed by atoms with Gasteiger partial charge in [0.05, 0.1) is 0 Å². The summed E-state index contributed by atoms with van der Waals surface area (Å²) in [5, 5.41) is 2.80. The van der Waals surface area contributed by atoms with Gasteiger partial charge in [0.15, 0.2) is 6.61 Å². The molecule has 0 atom stereocenters. The molecule has 0 heterocycles. The molecule has 0 saturated heterocycles. The summed E-state index contributed by atoms with van der Waals surface area (Å²) in [6.45, 7) is 3.19. The molecule has 1 aromatic carbocycles. The molecular formula is C13H19BrN2O2. The van der Waals surface area contributed by atoms with Gasteiger partial charge in [-0.05, 0) is 24.6 Å². The van der Waals surface area contributed by atoms with E-state index in [2.05, 4.69) is 28.2 Å². The Bertz CT molecular complexity index is 397. The number of rotatable bonds is 7. The van der Waals surface area contributed by atoms with Crippen molar-refractivity contribution in [1.82, 2.24) is 5.32 Å². The number of hydrogen-bond acceptors (Lipinski definition) is 3. The van der Waals surface area contributed by atoms with Crippen LogP contribution in [0.3, 0.4) is 0 Å². The normalized spacial score (nSPS) is 10.2. The summed E-state index contributed by atoms with van der Waals surface area (Å²) in [5.41, 5.74) is 6.50. The molecule has 1 rings (SSSR count). The van der Waals surface area contributed by atoms with Crippen molar-refractivity contribution in [2.75, 3.05) is 13.2 Å². The van der Waals surface area contributed by atoms with Crippen molar-refractivity contribution in [2.24, 2.45) is 5.73 Å². The minimum atomic E-state index is -0.102. The lowest BCUT2D eigenvalue weighted by atomic mass is 10.2. The van der Waals surface area contributed by atoms with Crippen LogP contribution in [-0.4, -0.2) is 19.1 Å². The van der Waals surface area contributed by atoms with E-state index in [1.165, 1.54) is 0 Å². The maximum absolute atomic E-state index is 11.5. The minimum absolute atomic E-state index is 0.0261. The fraction of sp³-hybridized carbons (Fsp3) is 0.462. The maximum Gasteiger partial charge on any atom is 0.257 e. The lowest BCUT2D eigenvalue weighted by molar-refractivity contribution is -0.123. The monoisotopic (exact) mass is 314 g/mol. The Hall–Kier alpha value is -1.07. The molecule has 0 saturated carbocycles. The first-order valence-electron chi connectivity index (χ1n) is 6.05. The number of nitrogens with one attached hydrogen (secondary N) is 1. The van der Waals surface area contributed by atoms with E-state index in [1.807, 2.05) is 18.2 Å². The number of halogens is 1. The van der Waals surface area contributed by atoms with E-state index in [-0.39, 0.29) is 12.5 Å². The highest BCUT2D eigenvalue weighted by molar-refractivity contribution is 9.10. The summed E-state index contributed by atoms with van der Waals surface area (Å²) in [5.74, 6) is 0.556. The van der Waals surface area contributed by atoms with Gasteiger partial charge in [0.25, 0.3) is 5.91 Å². The lowest BCUT2D eigenvalue weighted by Crippen LogP contribution is -2.29. The molecule has 3 N–H and O–H groups in total. The Morgan fingerprint density at radius 2 is 2.28 bits per heavy atom. The van der Waals surface area contributed by atoms with Crippen LogP contribution < -0.4 is 15.8 Å². The van der Waals surface area contributed by atoms with E-state index in [0.717, 1.165) is 22.9 Å². The number of carbonyl (C=O) groups is 1. The second-order valence-corrected chi connectivity index (χ2v) is 4.86. The molecule has 4 nitrogen and oxygen atoms in total. The Morgan fingerprint density at radius 3 is 2.94 bits per heavy atom. The number of amides is 1. The molecule has 0 bridgehead atoms. The van der Waals surface area contributed by atoms with E-state index in [9.17, 15) is 4.79 Å². The van der Waals surface area contributed by atoms with Crippen LogP contribution in [-0.2, 0) is 11.3 Å². The predicted octanol–water partition coefficient (Wildman–Crippen LogP) is 2.20. The van der Waals surface area contributed by atoms with E-state index in [4.69, 9.17) is 10.5 Å². The van der Waals surface area contributed by atoms with Crippen molar-refractivity contribution in [3.05, 3.63) is 28.2 Å². The number of hydrogen-bond donors (Lipinski definition) is 2. The third-order valence-electron chi connectivity index (χ3n) is 2.45. The van der Waals surface area contributed by atoms with Gasteiger partial charge in [-0.3, -0.25) is 4.79 Å². The van der Waals surface area contributed by atoms with Crippen LogP contribution in [0.25, 0.3) is 0 Å². The molecule has 0 fully saturated rings. The van der Waals surface area contributed by atoms with Crippen LogP contribution in [0, 0.1) is 0 Å². The highest BCUT2D eigenvalue weighted by atomic mass is 79.9. The SMILES string of the molecule is CCCCNC(=O)COc1ccc(Br)cc1CN. The molecule has 0 aliphatic carbocycles. The number of nitrogens with two attached hydrogens (primary N) is 1. The molecule has 0 aliphatic rings. The van der Waals surface area contributed by atoms with Crippen molar-refractivity contribution in [2.45, 2.75) is 26.3 Å². The smallest absolute Gasteiger partial charge is 0.257 e. The van der Waals surface area contributed by atoms with E-state index in [1.54, 1.807) is 0 Å². The van der Waals surface area contributed by atoms with Gasteiger partial charge < -0.3 is 15.8 Å². The summed E-state index contributed by atoms with van der Waals surface area (Å²) in [4.78, 5) is 11.5. The number of carbonyl (C=O) groups excluding carboxylic acids is 1. The molecule has 100 valence electrons. The Morgan fingerprint density at radius 1 is 1.50 bits per heavy atom. The van der Waals surface area contributed by atoms with Crippen LogP contribution in [0.1, 0.15) is 25.3 Å². The molecule has 0 radical (unpaired) electrons. The summed E-state index contributed by atoms with van der Waals surface area (Å²) < 4.78 is 6.41. The zero-order chi connectivity index (χ0) is 13.4. The number of ether oxygens (including phenoxy) is 1. The zero-order valence-electron chi connectivity index (χ0n) is 10.5. The van der Waals surface area contributed by atoms with Crippen molar-refractivity contribution < 1.29 is 9.53 Å². The molecule has 0 aliphatic heterocycles. The molecule has 1 aromatic rings. The van der Waals surface area contributed by atoms with Gasteiger partial charge in [0.2, 0.25) is 0 Å². The van der Waals surface area contributed by atoms with Crippen LogP contribution >= 0.6 is 15.9 Å². The second-order valence-electron chi connectivity index (χ2n) is 3.95. The average molecular weight is 315 g/mol. The van der Waals surface area contributed by atoms with Crippen molar-refractivity contribution >= 4 is 21.8 Å². The van der Waals surface area contributed by atoms with E-state index in [0.29, 0.717) is 18.8 Å². The highest BCUT2D eigenvalue weighted by Gasteiger charge is 2.06. The number of benzene rings is 1. The van der Waals surface area contributed by atoms with Crippen molar-refractivity contribution in [3.8, 4) is 5.75 Å². The van der Waals surface area contributed by atoms with Crippen LogP contribution in [0.5, 0.6) is 5.75 Å². The predicted molar refractivity (Wildman–Crippen MR) is 75.4 cm³/mol. The first kappa shape index (κ1) is 15.0. The van der Waals surface area contributed by atoms with Gasteiger partial charge in [-0.15, -0.1) is 0 Å². The second kappa shape index (κ2) is 8.11. The number of unbranched alkanes of at least 4 members (excludes halogenated alkanes) is 1. The first-order chi connectivity index (χ1) is 8.67. The molecule has 0 aromatic heterocycles. The van der Waals surface area contributed by atoms with Gasteiger partial charge in [-0.25, -0.2) is 0 Å².